The fourth-order valence-electron chi connectivity index (χ4n) is 3.10. The Morgan fingerprint density at radius 3 is 2.68 bits per heavy atom. The SMILES string of the molecule is CCCCOc1cncc(-c2ccc(C(=O)NCc3cncc(NS(=O)(=O)C4CC4)c3)nc2)n1. The average molecular weight is 483 g/mol. The van der Waals surface area contributed by atoms with E-state index >= 15 is 0 Å². The number of hydrogen-bond acceptors (Lipinski definition) is 8. The van der Waals surface area contributed by atoms with Crippen molar-refractivity contribution in [1.29, 1.82) is 0 Å². The number of nitrogens with zero attached hydrogens (tertiary/aromatic N) is 4. The predicted octanol–water partition coefficient (Wildman–Crippen LogP) is 2.95. The third kappa shape index (κ3) is 6.25. The fraction of sp³-hybridized carbons (Fsp3) is 0.348. The van der Waals surface area contributed by atoms with Crippen LogP contribution in [0.2, 0.25) is 0 Å². The maximum atomic E-state index is 12.5. The molecule has 0 radical (unpaired) electrons. The second kappa shape index (κ2) is 10.6. The van der Waals surface area contributed by atoms with Gasteiger partial charge in [-0.05, 0) is 43.0 Å². The van der Waals surface area contributed by atoms with Crippen molar-refractivity contribution in [2.75, 3.05) is 11.3 Å². The summed E-state index contributed by atoms with van der Waals surface area (Å²) in [6.45, 7) is 2.84. The van der Waals surface area contributed by atoms with Crippen molar-refractivity contribution in [2.24, 2.45) is 0 Å². The number of nitrogens with one attached hydrogen (secondary N) is 2. The Labute approximate surface area is 198 Å². The molecule has 3 aromatic heterocycles. The molecular weight excluding hydrogens is 456 g/mol. The summed E-state index contributed by atoms with van der Waals surface area (Å²) >= 11 is 0. The van der Waals surface area contributed by atoms with E-state index in [2.05, 4.69) is 36.9 Å². The lowest BCUT2D eigenvalue weighted by Crippen LogP contribution is -2.24. The maximum Gasteiger partial charge on any atom is 0.270 e. The van der Waals surface area contributed by atoms with Crippen LogP contribution in [0.4, 0.5) is 5.69 Å². The highest BCUT2D eigenvalue weighted by molar-refractivity contribution is 7.93. The lowest BCUT2D eigenvalue weighted by Gasteiger charge is -2.09. The van der Waals surface area contributed by atoms with E-state index in [1.165, 1.54) is 6.20 Å². The van der Waals surface area contributed by atoms with Crippen molar-refractivity contribution >= 4 is 21.6 Å². The molecule has 34 heavy (non-hydrogen) atoms. The van der Waals surface area contributed by atoms with Crippen molar-refractivity contribution in [3.05, 3.63) is 60.4 Å². The molecule has 1 aliphatic carbocycles. The topological polar surface area (TPSA) is 136 Å². The predicted molar refractivity (Wildman–Crippen MR) is 127 cm³/mol. The Bertz CT molecular complexity index is 1250. The molecule has 3 aromatic rings. The number of amides is 1. The number of anilines is 1. The minimum atomic E-state index is -3.37. The first-order chi connectivity index (χ1) is 16.4. The van der Waals surface area contributed by atoms with E-state index < -0.39 is 10.0 Å². The van der Waals surface area contributed by atoms with Crippen LogP contribution in [0.5, 0.6) is 5.88 Å². The van der Waals surface area contributed by atoms with Crippen molar-refractivity contribution in [3.63, 3.8) is 0 Å². The Balaban J connectivity index is 1.35. The first kappa shape index (κ1) is 23.6. The molecule has 1 amide bonds. The van der Waals surface area contributed by atoms with E-state index in [1.54, 1.807) is 43.0 Å². The molecular formula is C23H26N6O4S. The first-order valence-electron chi connectivity index (χ1n) is 11.1. The third-order valence-corrected chi connectivity index (χ3v) is 6.99. The summed E-state index contributed by atoms with van der Waals surface area (Å²) < 4.78 is 32.3. The number of rotatable bonds is 11. The quantitative estimate of drug-likeness (QED) is 0.398. The number of sulfonamides is 1. The van der Waals surface area contributed by atoms with Crippen molar-refractivity contribution in [2.45, 2.75) is 44.4 Å². The Morgan fingerprint density at radius 2 is 1.94 bits per heavy atom. The number of pyridine rings is 2. The van der Waals surface area contributed by atoms with Crippen LogP contribution in [0.3, 0.4) is 0 Å². The molecule has 4 rings (SSSR count). The third-order valence-electron chi connectivity index (χ3n) is 5.12. The lowest BCUT2D eigenvalue weighted by molar-refractivity contribution is 0.0946. The molecule has 3 heterocycles. The summed E-state index contributed by atoms with van der Waals surface area (Å²) in [5.74, 6) is 0.0845. The summed E-state index contributed by atoms with van der Waals surface area (Å²) in [6, 6.07) is 5.00. The van der Waals surface area contributed by atoms with Gasteiger partial charge in [0.15, 0.2) is 0 Å². The van der Waals surface area contributed by atoms with Crippen LogP contribution in [0.1, 0.15) is 48.7 Å². The molecule has 0 saturated heterocycles. The zero-order chi connectivity index (χ0) is 24.0. The average Bonchev–Trinajstić information content (AvgIpc) is 3.70. The van der Waals surface area contributed by atoms with E-state index in [1.807, 2.05) is 0 Å². The molecule has 0 unspecified atom stereocenters. The van der Waals surface area contributed by atoms with Crippen LogP contribution >= 0.6 is 0 Å². The van der Waals surface area contributed by atoms with Gasteiger partial charge >= 0.3 is 0 Å². The fourth-order valence-corrected chi connectivity index (χ4v) is 4.46. The minimum Gasteiger partial charge on any atom is -0.477 e. The van der Waals surface area contributed by atoms with Gasteiger partial charge in [-0.25, -0.2) is 13.4 Å². The molecule has 0 bridgehead atoms. The van der Waals surface area contributed by atoms with Crippen LogP contribution in [0.15, 0.2) is 49.2 Å². The lowest BCUT2D eigenvalue weighted by atomic mass is 10.2. The van der Waals surface area contributed by atoms with E-state index in [0.717, 1.165) is 12.8 Å². The number of carbonyl (C=O) groups is 1. The van der Waals surface area contributed by atoms with Crippen LogP contribution in [-0.4, -0.2) is 46.1 Å². The molecule has 0 aliphatic heterocycles. The van der Waals surface area contributed by atoms with Gasteiger partial charge in [0.05, 0.1) is 41.8 Å². The molecule has 10 nitrogen and oxygen atoms in total. The molecule has 11 heteroatoms. The number of aromatic nitrogens is 4. The van der Waals surface area contributed by atoms with Crippen LogP contribution in [-0.2, 0) is 16.6 Å². The van der Waals surface area contributed by atoms with Gasteiger partial charge in [0, 0.05) is 24.5 Å². The van der Waals surface area contributed by atoms with Crippen LogP contribution in [0.25, 0.3) is 11.3 Å². The van der Waals surface area contributed by atoms with E-state index in [9.17, 15) is 13.2 Å². The molecule has 178 valence electrons. The second-order valence-corrected chi connectivity index (χ2v) is 9.95. The Kier molecular flexibility index (Phi) is 7.31. The number of unbranched alkanes of at least 4 members (excludes halogenated alkanes) is 1. The summed E-state index contributed by atoms with van der Waals surface area (Å²) in [5, 5.41) is 2.44. The summed E-state index contributed by atoms with van der Waals surface area (Å²) in [5.41, 5.74) is 2.60. The normalized spacial score (nSPS) is 13.3. The molecule has 1 fully saturated rings. The smallest absolute Gasteiger partial charge is 0.270 e. The minimum absolute atomic E-state index is 0.177. The molecule has 2 N–H and O–H groups in total. The number of carbonyl (C=O) groups excluding carboxylic acids is 1. The van der Waals surface area contributed by atoms with E-state index in [-0.39, 0.29) is 23.4 Å². The largest absolute Gasteiger partial charge is 0.477 e. The zero-order valence-electron chi connectivity index (χ0n) is 18.8. The second-order valence-electron chi connectivity index (χ2n) is 7.99. The zero-order valence-corrected chi connectivity index (χ0v) is 19.6. The van der Waals surface area contributed by atoms with Crippen LogP contribution < -0.4 is 14.8 Å². The van der Waals surface area contributed by atoms with Gasteiger partial charge < -0.3 is 10.1 Å². The van der Waals surface area contributed by atoms with Crippen molar-refractivity contribution in [1.82, 2.24) is 25.3 Å². The summed E-state index contributed by atoms with van der Waals surface area (Å²) in [7, 11) is -3.37. The highest BCUT2D eigenvalue weighted by atomic mass is 32.2. The number of ether oxygens (including phenoxy) is 1. The Hall–Kier alpha value is -3.60. The monoisotopic (exact) mass is 482 g/mol. The molecule has 1 aliphatic rings. The highest BCUT2D eigenvalue weighted by Crippen LogP contribution is 2.29. The molecule has 0 atom stereocenters. The van der Waals surface area contributed by atoms with Gasteiger partial charge in [0.2, 0.25) is 15.9 Å². The van der Waals surface area contributed by atoms with Gasteiger partial charge in [0.25, 0.3) is 5.91 Å². The highest BCUT2D eigenvalue weighted by Gasteiger charge is 2.35. The summed E-state index contributed by atoms with van der Waals surface area (Å²) in [4.78, 5) is 29.4. The van der Waals surface area contributed by atoms with Gasteiger partial charge in [0.1, 0.15) is 5.69 Å². The van der Waals surface area contributed by atoms with Crippen molar-refractivity contribution in [3.8, 4) is 17.1 Å². The van der Waals surface area contributed by atoms with Gasteiger partial charge in [-0.3, -0.25) is 24.5 Å². The standard InChI is InChI=1S/C23H26N6O4S/c1-2-3-8-33-22-15-25-14-21(28-22)17-4-7-20(26-12-17)23(30)27-11-16-9-18(13-24-10-16)29-34(31,32)19-5-6-19/h4,7,9-10,12-15,19,29H,2-3,5-6,8,11H2,1H3,(H,27,30). The molecule has 1 saturated carbocycles. The van der Waals surface area contributed by atoms with Gasteiger partial charge in [-0.15, -0.1) is 0 Å². The molecule has 0 spiro atoms. The Morgan fingerprint density at radius 1 is 1.12 bits per heavy atom. The van der Waals surface area contributed by atoms with Crippen molar-refractivity contribution < 1.29 is 17.9 Å². The van der Waals surface area contributed by atoms with E-state index in [0.29, 0.717) is 47.8 Å². The van der Waals surface area contributed by atoms with Crippen LogP contribution in [0, 0.1) is 0 Å². The first-order valence-corrected chi connectivity index (χ1v) is 12.6. The van der Waals surface area contributed by atoms with Gasteiger partial charge in [-0.1, -0.05) is 13.3 Å². The maximum absolute atomic E-state index is 12.5. The number of hydrogen-bond donors (Lipinski definition) is 2. The van der Waals surface area contributed by atoms with E-state index in [4.69, 9.17) is 4.74 Å². The summed E-state index contributed by atoms with van der Waals surface area (Å²) in [6.07, 6.45) is 11.1. The molecule has 0 aromatic carbocycles. The van der Waals surface area contributed by atoms with Gasteiger partial charge in [-0.2, -0.15) is 0 Å².